The highest BCUT2D eigenvalue weighted by Gasteiger charge is 2.24. The summed E-state index contributed by atoms with van der Waals surface area (Å²) >= 11 is 0. The molecule has 3 N–H and O–H groups in total. The topological polar surface area (TPSA) is 91.4 Å². The summed E-state index contributed by atoms with van der Waals surface area (Å²) in [5, 5.41) is 9.61. The van der Waals surface area contributed by atoms with Crippen LogP contribution < -0.4 is 20.7 Å². The van der Waals surface area contributed by atoms with Gasteiger partial charge in [0.1, 0.15) is 17.1 Å². The summed E-state index contributed by atoms with van der Waals surface area (Å²) in [4.78, 5) is 24.1. The third kappa shape index (κ3) is 4.27. The van der Waals surface area contributed by atoms with E-state index in [9.17, 15) is 4.79 Å². The fourth-order valence-corrected chi connectivity index (χ4v) is 3.77. The van der Waals surface area contributed by atoms with Crippen LogP contribution in [-0.4, -0.2) is 52.6 Å². The van der Waals surface area contributed by atoms with Gasteiger partial charge in [0, 0.05) is 37.4 Å². The smallest absolute Gasteiger partial charge is 0.261 e. The highest BCUT2D eigenvalue weighted by atomic mass is 16.5. The Hall–Kier alpha value is -2.87. The van der Waals surface area contributed by atoms with E-state index in [0.717, 1.165) is 31.6 Å². The van der Waals surface area contributed by atoms with Gasteiger partial charge in [-0.15, -0.1) is 0 Å². The van der Waals surface area contributed by atoms with Crippen LogP contribution in [0.15, 0.2) is 24.4 Å². The summed E-state index contributed by atoms with van der Waals surface area (Å²) in [5.74, 6) is 1.51. The Kier molecular flexibility index (Phi) is 5.53. The van der Waals surface area contributed by atoms with Gasteiger partial charge in [0.15, 0.2) is 0 Å². The molecule has 2 aliphatic heterocycles. The lowest BCUT2D eigenvalue weighted by molar-refractivity contribution is 0.102. The Morgan fingerprint density at radius 3 is 2.76 bits per heavy atom. The highest BCUT2D eigenvalue weighted by Crippen LogP contribution is 2.34. The summed E-state index contributed by atoms with van der Waals surface area (Å²) in [6, 6.07) is 6.47. The number of fused-ring (bicyclic) bond motifs is 2. The summed E-state index contributed by atoms with van der Waals surface area (Å²) in [7, 11) is 0. The van der Waals surface area contributed by atoms with Crippen LogP contribution in [-0.2, 0) is 0 Å². The molecule has 1 amide bonds. The monoisotopic (exact) mass is 396 g/mol. The third-order valence-electron chi connectivity index (χ3n) is 5.43. The lowest BCUT2D eigenvalue weighted by atomic mass is 10.0. The minimum absolute atomic E-state index is 0.239. The molecule has 0 saturated carbocycles. The van der Waals surface area contributed by atoms with Crippen LogP contribution in [0.25, 0.3) is 0 Å². The quantitative estimate of drug-likeness (QED) is 0.713. The molecule has 154 valence electrons. The van der Waals surface area contributed by atoms with Crippen molar-refractivity contribution in [2.24, 2.45) is 0 Å². The molecule has 0 unspecified atom stereocenters. The molecule has 0 bridgehead atoms. The number of ether oxygens (including phenoxy) is 1. The average Bonchev–Trinajstić information content (AvgIpc) is 2.84. The van der Waals surface area contributed by atoms with Gasteiger partial charge in [-0.3, -0.25) is 4.79 Å². The van der Waals surface area contributed by atoms with Gasteiger partial charge in [-0.05, 0) is 45.7 Å². The predicted molar refractivity (Wildman–Crippen MR) is 114 cm³/mol. The Bertz CT molecular complexity index is 893. The summed E-state index contributed by atoms with van der Waals surface area (Å²) in [6.07, 6.45) is 3.68. The molecule has 4 rings (SSSR count). The number of carbonyl (C=O) groups is 1. The molecule has 1 saturated heterocycles. The standard InChI is InChI=1S/C21H28N6O2/c1-4-29-15-5-6-17-18(11-15)25-20(28)16-12-22-21(26-19(16)24-17)23-14-7-9-27(10-8-14)13(2)3/h5-6,11-14H,4,7-10H2,1-3H3,(H,25,28)(H2,22,23,24,26). The molecule has 8 nitrogen and oxygen atoms in total. The van der Waals surface area contributed by atoms with Crippen molar-refractivity contribution >= 4 is 29.0 Å². The molecule has 3 heterocycles. The van der Waals surface area contributed by atoms with Gasteiger partial charge in [0.2, 0.25) is 5.95 Å². The second-order valence-electron chi connectivity index (χ2n) is 7.72. The SMILES string of the molecule is CCOc1ccc2c(c1)NC(=O)c1cnc(NC3CCN(C(C)C)CC3)nc1N2. The molecule has 1 aromatic carbocycles. The van der Waals surface area contributed by atoms with E-state index in [-0.39, 0.29) is 5.91 Å². The molecule has 1 aromatic heterocycles. The molecule has 0 radical (unpaired) electrons. The van der Waals surface area contributed by atoms with E-state index in [1.165, 1.54) is 0 Å². The second-order valence-corrected chi connectivity index (χ2v) is 7.72. The number of hydrogen-bond donors (Lipinski definition) is 3. The van der Waals surface area contributed by atoms with E-state index in [1.54, 1.807) is 6.20 Å². The maximum absolute atomic E-state index is 12.6. The molecule has 2 aromatic rings. The molecular formula is C21H28N6O2. The first-order valence-electron chi connectivity index (χ1n) is 10.3. The van der Waals surface area contributed by atoms with E-state index in [2.05, 4.69) is 44.7 Å². The predicted octanol–water partition coefficient (Wildman–Crippen LogP) is 3.47. The summed E-state index contributed by atoms with van der Waals surface area (Å²) < 4.78 is 5.53. The minimum Gasteiger partial charge on any atom is -0.494 e. The first-order valence-corrected chi connectivity index (χ1v) is 10.3. The lowest BCUT2D eigenvalue weighted by Gasteiger charge is -2.34. The maximum atomic E-state index is 12.6. The number of nitrogens with one attached hydrogen (secondary N) is 3. The van der Waals surface area contributed by atoms with Crippen molar-refractivity contribution in [3.63, 3.8) is 0 Å². The van der Waals surface area contributed by atoms with Crippen LogP contribution in [0, 0.1) is 0 Å². The Morgan fingerprint density at radius 2 is 2.03 bits per heavy atom. The van der Waals surface area contributed by atoms with E-state index < -0.39 is 0 Å². The molecular weight excluding hydrogens is 368 g/mol. The molecule has 2 aliphatic rings. The second kappa shape index (κ2) is 8.24. The van der Waals surface area contributed by atoms with Crippen molar-refractivity contribution in [2.75, 3.05) is 35.6 Å². The number of hydrogen-bond acceptors (Lipinski definition) is 7. The molecule has 0 aliphatic carbocycles. The number of rotatable bonds is 5. The van der Waals surface area contributed by atoms with Crippen LogP contribution in [0.1, 0.15) is 44.0 Å². The van der Waals surface area contributed by atoms with Crippen molar-refractivity contribution in [3.8, 4) is 5.75 Å². The molecule has 29 heavy (non-hydrogen) atoms. The van der Waals surface area contributed by atoms with Gasteiger partial charge >= 0.3 is 0 Å². The number of aromatic nitrogens is 2. The molecule has 0 spiro atoms. The van der Waals surface area contributed by atoms with Crippen molar-refractivity contribution in [3.05, 3.63) is 30.0 Å². The van der Waals surface area contributed by atoms with Crippen molar-refractivity contribution in [1.29, 1.82) is 0 Å². The lowest BCUT2D eigenvalue weighted by Crippen LogP contribution is -2.42. The summed E-state index contributed by atoms with van der Waals surface area (Å²) in [5.41, 5.74) is 1.85. The zero-order valence-electron chi connectivity index (χ0n) is 17.2. The van der Waals surface area contributed by atoms with Crippen LogP contribution in [0.4, 0.5) is 23.1 Å². The number of piperidine rings is 1. The first kappa shape index (κ1) is 19.4. The van der Waals surface area contributed by atoms with Gasteiger partial charge in [0.05, 0.1) is 18.0 Å². The number of carbonyl (C=O) groups excluding carboxylic acids is 1. The number of benzene rings is 1. The van der Waals surface area contributed by atoms with Crippen LogP contribution >= 0.6 is 0 Å². The number of likely N-dealkylation sites (tertiary alicyclic amines) is 1. The van der Waals surface area contributed by atoms with Gasteiger partial charge in [0.25, 0.3) is 5.91 Å². The Morgan fingerprint density at radius 1 is 1.24 bits per heavy atom. The van der Waals surface area contributed by atoms with Gasteiger partial charge < -0.3 is 25.6 Å². The zero-order valence-corrected chi connectivity index (χ0v) is 17.2. The van der Waals surface area contributed by atoms with Crippen molar-refractivity contribution < 1.29 is 9.53 Å². The highest BCUT2D eigenvalue weighted by molar-refractivity contribution is 6.11. The number of amides is 1. The minimum atomic E-state index is -0.239. The van der Waals surface area contributed by atoms with Crippen LogP contribution in [0.5, 0.6) is 5.75 Å². The van der Waals surface area contributed by atoms with E-state index in [4.69, 9.17) is 4.74 Å². The first-order chi connectivity index (χ1) is 14.0. The van der Waals surface area contributed by atoms with E-state index >= 15 is 0 Å². The third-order valence-corrected chi connectivity index (χ3v) is 5.43. The molecule has 1 fully saturated rings. The van der Waals surface area contributed by atoms with E-state index in [0.29, 0.717) is 47.5 Å². The Labute approximate surface area is 171 Å². The van der Waals surface area contributed by atoms with Crippen molar-refractivity contribution in [2.45, 2.75) is 45.7 Å². The number of anilines is 4. The summed E-state index contributed by atoms with van der Waals surface area (Å²) in [6.45, 7) is 9.09. The zero-order chi connectivity index (χ0) is 20.4. The van der Waals surface area contributed by atoms with Crippen molar-refractivity contribution in [1.82, 2.24) is 14.9 Å². The van der Waals surface area contributed by atoms with Gasteiger partial charge in [-0.2, -0.15) is 4.98 Å². The fraction of sp³-hybridized carbons (Fsp3) is 0.476. The molecule has 0 atom stereocenters. The van der Waals surface area contributed by atoms with Gasteiger partial charge in [-0.25, -0.2) is 4.98 Å². The van der Waals surface area contributed by atoms with E-state index in [1.807, 2.05) is 25.1 Å². The van der Waals surface area contributed by atoms with Gasteiger partial charge in [-0.1, -0.05) is 0 Å². The fourth-order valence-electron chi connectivity index (χ4n) is 3.77. The Balaban J connectivity index is 1.51. The normalized spacial score (nSPS) is 17.0. The molecule has 8 heteroatoms. The largest absolute Gasteiger partial charge is 0.494 e. The maximum Gasteiger partial charge on any atom is 0.261 e. The van der Waals surface area contributed by atoms with Crippen LogP contribution in [0.2, 0.25) is 0 Å². The van der Waals surface area contributed by atoms with Crippen LogP contribution in [0.3, 0.4) is 0 Å². The number of nitrogens with zero attached hydrogens (tertiary/aromatic N) is 3. The average molecular weight is 396 g/mol.